The van der Waals surface area contributed by atoms with Gasteiger partial charge in [0.05, 0.1) is 12.7 Å². The van der Waals surface area contributed by atoms with E-state index in [0.29, 0.717) is 24.3 Å². The smallest absolute Gasteiger partial charge is 0.417 e. The van der Waals surface area contributed by atoms with Gasteiger partial charge in [0.2, 0.25) is 0 Å². The SMILES string of the molecule is COc1cc(NCCc2ccc(C(F)(F)F)cn2)ccc1F. The molecule has 3 nitrogen and oxygen atoms in total. The lowest BCUT2D eigenvalue weighted by atomic mass is 10.2. The number of benzene rings is 1. The third kappa shape index (κ3) is 4.09. The van der Waals surface area contributed by atoms with Crippen LogP contribution in [-0.2, 0) is 12.6 Å². The largest absolute Gasteiger partial charge is 0.494 e. The first kappa shape index (κ1) is 16.1. The number of nitrogens with one attached hydrogen (secondary N) is 1. The standard InChI is InChI=1S/C15H14F4N2O/c1-22-14-8-12(4-5-13(14)16)20-7-6-11-3-2-10(9-21-11)15(17,18)19/h2-5,8-9,20H,6-7H2,1H3. The molecule has 1 aromatic heterocycles. The molecular formula is C15H14F4N2O. The number of methoxy groups -OCH3 is 1. The van der Waals surface area contributed by atoms with Crippen molar-refractivity contribution < 1.29 is 22.3 Å². The lowest BCUT2D eigenvalue weighted by Gasteiger charge is -2.09. The molecule has 0 unspecified atom stereocenters. The predicted molar refractivity (Wildman–Crippen MR) is 74.4 cm³/mol. The molecule has 0 fully saturated rings. The molecule has 0 spiro atoms. The Labute approximate surface area is 124 Å². The molecule has 0 aliphatic rings. The average molecular weight is 314 g/mol. The van der Waals surface area contributed by atoms with Crippen molar-refractivity contribution in [1.29, 1.82) is 0 Å². The molecule has 0 saturated heterocycles. The third-order valence-corrected chi connectivity index (χ3v) is 3.01. The summed E-state index contributed by atoms with van der Waals surface area (Å²) < 4.78 is 55.3. The van der Waals surface area contributed by atoms with Gasteiger partial charge in [-0.3, -0.25) is 4.98 Å². The van der Waals surface area contributed by atoms with Crippen molar-refractivity contribution >= 4 is 5.69 Å². The van der Waals surface area contributed by atoms with Crippen LogP contribution in [-0.4, -0.2) is 18.6 Å². The van der Waals surface area contributed by atoms with Crippen molar-refractivity contribution in [1.82, 2.24) is 4.98 Å². The molecule has 0 bridgehead atoms. The van der Waals surface area contributed by atoms with Gasteiger partial charge < -0.3 is 10.1 Å². The topological polar surface area (TPSA) is 34.1 Å². The number of nitrogens with zero attached hydrogens (tertiary/aromatic N) is 1. The maximum Gasteiger partial charge on any atom is 0.417 e. The van der Waals surface area contributed by atoms with Gasteiger partial charge in [0, 0.05) is 36.6 Å². The molecule has 0 amide bonds. The van der Waals surface area contributed by atoms with Crippen LogP contribution in [0.2, 0.25) is 0 Å². The molecule has 1 N–H and O–H groups in total. The zero-order valence-corrected chi connectivity index (χ0v) is 11.7. The number of hydrogen-bond donors (Lipinski definition) is 1. The first-order valence-corrected chi connectivity index (χ1v) is 6.49. The number of ether oxygens (including phenoxy) is 1. The zero-order chi connectivity index (χ0) is 16.2. The lowest BCUT2D eigenvalue weighted by molar-refractivity contribution is -0.137. The monoisotopic (exact) mass is 314 g/mol. The number of anilines is 1. The highest BCUT2D eigenvalue weighted by molar-refractivity contribution is 5.48. The fraction of sp³-hybridized carbons (Fsp3) is 0.267. The molecule has 0 saturated carbocycles. The second-order valence-electron chi connectivity index (χ2n) is 4.56. The van der Waals surface area contributed by atoms with Crippen LogP contribution >= 0.6 is 0 Å². The van der Waals surface area contributed by atoms with Crippen LogP contribution in [0.15, 0.2) is 36.5 Å². The zero-order valence-electron chi connectivity index (χ0n) is 11.7. The summed E-state index contributed by atoms with van der Waals surface area (Å²) in [5.74, 6) is -0.338. The summed E-state index contributed by atoms with van der Waals surface area (Å²) in [5.41, 5.74) is 0.423. The minimum atomic E-state index is -4.38. The van der Waals surface area contributed by atoms with Gasteiger partial charge in [-0.15, -0.1) is 0 Å². The highest BCUT2D eigenvalue weighted by atomic mass is 19.4. The molecule has 0 atom stereocenters. The Hall–Kier alpha value is -2.31. The van der Waals surface area contributed by atoms with Gasteiger partial charge >= 0.3 is 6.18 Å². The predicted octanol–water partition coefficient (Wildman–Crippen LogP) is 3.90. The summed E-state index contributed by atoms with van der Waals surface area (Å²) in [7, 11) is 1.37. The second kappa shape index (κ2) is 6.64. The van der Waals surface area contributed by atoms with Crippen LogP contribution in [0.3, 0.4) is 0 Å². The minimum Gasteiger partial charge on any atom is -0.494 e. The van der Waals surface area contributed by atoms with E-state index in [9.17, 15) is 17.6 Å². The van der Waals surface area contributed by atoms with Crippen LogP contribution in [0, 0.1) is 5.82 Å². The first-order chi connectivity index (χ1) is 10.4. The second-order valence-corrected chi connectivity index (χ2v) is 4.56. The maximum atomic E-state index is 13.2. The quantitative estimate of drug-likeness (QED) is 0.850. The molecular weight excluding hydrogens is 300 g/mol. The molecule has 2 rings (SSSR count). The molecule has 1 heterocycles. The maximum absolute atomic E-state index is 13.2. The molecule has 7 heteroatoms. The van der Waals surface area contributed by atoms with Gasteiger partial charge in [0.15, 0.2) is 11.6 Å². The average Bonchev–Trinajstić information content (AvgIpc) is 2.48. The van der Waals surface area contributed by atoms with Gasteiger partial charge in [-0.2, -0.15) is 13.2 Å². The van der Waals surface area contributed by atoms with E-state index in [1.54, 1.807) is 6.07 Å². The number of alkyl halides is 3. The molecule has 22 heavy (non-hydrogen) atoms. The highest BCUT2D eigenvalue weighted by Crippen LogP contribution is 2.28. The van der Waals surface area contributed by atoms with Gasteiger partial charge in [0.1, 0.15) is 0 Å². The van der Waals surface area contributed by atoms with Crippen LogP contribution in [0.25, 0.3) is 0 Å². The highest BCUT2D eigenvalue weighted by Gasteiger charge is 2.30. The Balaban J connectivity index is 1.91. The Morgan fingerprint density at radius 1 is 1.18 bits per heavy atom. The Kier molecular flexibility index (Phi) is 4.85. The third-order valence-electron chi connectivity index (χ3n) is 3.01. The number of halogens is 4. The van der Waals surface area contributed by atoms with Gasteiger partial charge in [-0.05, 0) is 24.3 Å². The fourth-order valence-electron chi connectivity index (χ4n) is 1.84. The molecule has 0 aliphatic heterocycles. The van der Waals surface area contributed by atoms with E-state index >= 15 is 0 Å². The normalized spacial score (nSPS) is 11.3. The van der Waals surface area contributed by atoms with E-state index in [1.165, 1.54) is 25.3 Å². The van der Waals surface area contributed by atoms with Crippen molar-refractivity contribution in [3.05, 3.63) is 53.6 Å². The molecule has 118 valence electrons. The van der Waals surface area contributed by atoms with Crippen LogP contribution in [0.4, 0.5) is 23.2 Å². The Bertz CT molecular complexity index is 626. The van der Waals surface area contributed by atoms with Crippen LogP contribution in [0.1, 0.15) is 11.3 Å². The Morgan fingerprint density at radius 3 is 2.55 bits per heavy atom. The van der Waals surface area contributed by atoms with Gasteiger partial charge in [-0.25, -0.2) is 4.39 Å². The van der Waals surface area contributed by atoms with Crippen molar-refractivity contribution in [2.45, 2.75) is 12.6 Å². The van der Waals surface area contributed by atoms with Crippen LogP contribution in [0.5, 0.6) is 5.75 Å². The van der Waals surface area contributed by atoms with E-state index in [0.717, 1.165) is 12.3 Å². The molecule has 0 radical (unpaired) electrons. The summed E-state index contributed by atoms with van der Waals surface area (Å²) in [6.45, 7) is 0.452. The van der Waals surface area contributed by atoms with Crippen LogP contribution < -0.4 is 10.1 Å². The summed E-state index contributed by atoms with van der Waals surface area (Å²) in [5, 5.41) is 3.03. The lowest BCUT2D eigenvalue weighted by Crippen LogP contribution is -2.09. The first-order valence-electron chi connectivity index (χ1n) is 6.49. The van der Waals surface area contributed by atoms with Crippen molar-refractivity contribution in [3.63, 3.8) is 0 Å². The summed E-state index contributed by atoms with van der Waals surface area (Å²) in [4.78, 5) is 3.78. The fourth-order valence-corrected chi connectivity index (χ4v) is 1.84. The van der Waals surface area contributed by atoms with E-state index in [-0.39, 0.29) is 5.75 Å². The number of pyridine rings is 1. The Morgan fingerprint density at radius 2 is 1.95 bits per heavy atom. The van der Waals surface area contributed by atoms with Crippen molar-refractivity contribution in [3.8, 4) is 5.75 Å². The molecule has 0 aliphatic carbocycles. The van der Waals surface area contributed by atoms with E-state index in [1.807, 2.05) is 0 Å². The number of aromatic nitrogens is 1. The van der Waals surface area contributed by atoms with Crippen molar-refractivity contribution in [2.75, 3.05) is 19.0 Å². The van der Waals surface area contributed by atoms with E-state index in [4.69, 9.17) is 4.74 Å². The molecule has 2 aromatic rings. The molecule has 1 aromatic carbocycles. The summed E-state index contributed by atoms with van der Waals surface area (Å²) in [6.07, 6.45) is -3.12. The number of hydrogen-bond acceptors (Lipinski definition) is 3. The summed E-state index contributed by atoms with van der Waals surface area (Å²) in [6, 6.07) is 6.68. The van der Waals surface area contributed by atoms with E-state index in [2.05, 4.69) is 10.3 Å². The summed E-state index contributed by atoms with van der Waals surface area (Å²) >= 11 is 0. The van der Waals surface area contributed by atoms with Gasteiger partial charge in [-0.1, -0.05) is 0 Å². The van der Waals surface area contributed by atoms with E-state index < -0.39 is 17.6 Å². The van der Waals surface area contributed by atoms with Gasteiger partial charge in [0.25, 0.3) is 0 Å². The van der Waals surface area contributed by atoms with Crippen molar-refractivity contribution in [2.24, 2.45) is 0 Å². The minimum absolute atomic E-state index is 0.123. The number of rotatable bonds is 5.